The number of pyridine rings is 1. The third-order valence-corrected chi connectivity index (χ3v) is 4.53. The summed E-state index contributed by atoms with van der Waals surface area (Å²) in [6.45, 7) is 1.84. The highest BCUT2D eigenvalue weighted by atomic mass is 19.1. The van der Waals surface area contributed by atoms with Gasteiger partial charge in [0.15, 0.2) is 5.82 Å². The maximum Gasteiger partial charge on any atom is 0.414 e. The standard InChI is InChI=1S/C20H18FN5O3/c1-13(27)23-11-15-12-25(20(28)29-15)14-5-6-19(16(21)10-14)26-9-7-18(24-26)17-4-2-3-8-22-17/h2-10,15H,11-12H2,1H3,(H,23,27)/p+1/t15-/m0/s1. The van der Waals surface area contributed by atoms with Crippen molar-refractivity contribution in [3.05, 3.63) is 60.7 Å². The number of rotatable bonds is 5. The number of ether oxygens (including phenoxy) is 1. The van der Waals surface area contributed by atoms with Crippen molar-refractivity contribution >= 4 is 17.7 Å². The molecule has 1 atom stereocenters. The first-order valence-corrected chi connectivity index (χ1v) is 9.06. The number of amides is 2. The largest absolute Gasteiger partial charge is 0.442 e. The number of aromatic amines is 1. The van der Waals surface area contributed by atoms with Gasteiger partial charge in [-0.3, -0.25) is 14.7 Å². The minimum Gasteiger partial charge on any atom is -0.442 e. The smallest absolute Gasteiger partial charge is 0.414 e. The molecule has 3 heterocycles. The van der Waals surface area contributed by atoms with Crippen molar-refractivity contribution in [2.24, 2.45) is 0 Å². The lowest BCUT2D eigenvalue weighted by Crippen LogP contribution is -2.34. The van der Waals surface area contributed by atoms with Crippen molar-refractivity contribution in [1.29, 1.82) is 0 Å². The van der Waals surface area contributed by atoms with Crippen LogP contribution >= 0.6 is 0 Å². The number of hydrogen-bond acceptors (Lipinski definition) is 4. The second-order valence-corrected chi connectivity index (χ2v) is 6.62. The van der Waals surface area contributed by atoms with Gasteiger partial charge in [-0.05, 0) is 18.2 Å². The van der Waals surface area contributed by atoms with Crippen molar-refractivity contribution in [3.63, 3.8) is 0 Å². The summed E-state index contributed by atoms with van der Waals surface area (Å²) in [5.41, 5.74) is 2.18. The highest BCUT2D eigenvalue weighted by molar-refractivity contribution is 5.90. The van der Waals surface area contributed by atoms with E-state index in [1.54, 1.807) is 35.3 Å². The molecule has 0 bridgehead atoms. The molecule has 0 unspecified atom stereocenters. The van der Waals surface area contributed by atoms with Gasteiger partial charge in [0, 0.05) is 31.3 Å². The van der Waals surface area contributed by atoms with Crippen LogP contribution in [0.1, 0.15) is 6.92 Å². The lowest BCUT2D eigenvalue weighted by molar-refractivity contribution is -0.656. The minimum atomic E-state index is -0.572. The fourth-order valence-electron chi connectivity index (χ4n) is 3.11. The average molecular weight is 396 g/mol. The molecule has 3 aromatic rings. The van der Waals surface area contributed by atoms with Crippen molar-refractivity contribution in [2.75, 3.05) is 18.0 Å². The van der Waals surface area contributed by atoms with Crippen molar-refractivity contribution in [1.82, 2.24) is 15.4 Å². The summed E-state index contributed by atoms with van der Waals surface area (Å²) >= 11 is 0. The maximum absolute atomic E-state index is 14.8. The molecule has 0 radical (unpaired) electrons. The number of benzene rings is 1. The SMILES string of the molecule is CC(=O)NC[C@H]1CN(c2ccc(-[n+]3ccc(-c4ccccn4)[nH]3)c(F)c2)C(=O)O1. The van der Waals surface area contributed by atoms with E-state index < -0.39 is 18.0 Å². The molecule has 1 aliphatic rings. The molecule has 8 nitrogen and oxygen atoms in total. The highest BCUT2D eigenvalue weighted by Gasteiger charge is 2.33. The summed E-state index contributed by atoms with van der Waals surface area (Å²) in [6, 6.07) is 11.9. The van der Waals surface area contributed by atoms with Gasteiger partial charge in [0.25, 0.3) is 5.69 Å². The monoisotopic (exact) mass is 396 g/mol. The van der Waals surface area contributed by atoms with Gasteiger partial charge >= 0.3 is 6.09 Å². The third-order valence-electron chi connectivity index (χ3n) is 4.53. The van der Waals surface area contributed by atoms with E-state index in [4.69, 9.17) is 4.74 Å². The van der Waals surface area contributed by atoms with Crippen LogP contribution in [-0.2, 0) is 9.53 Å². The number of anilines is 1. The topological polar surface area (TPSA) is 91.2 Å². The Hall–Kier alpha value is -3.75. The van der Waals surface area contributed by atoms with Crippen LogP contribution < -0.4 is 14.9 Å². The third kappa shape index (κ3) is 3.93. The van der Waals surface area contributed by atoms with Crippen LogP contribution in [0.5, 0.6) is 0 Å². The number of nitrogens with one attached hydrogen (secondary N) is 2. The Kier molecular flexibility index (Phi) is 4.94. The number of aromatic nitrogens is 3. The fourth-order valence-corrected chi connectivity index (χ4v) is 3.11. The Morgan fingerprint density at radius 2 is 2.24 bits per heavy atom. The van der Waals surface area contributed by atoms with E-state index in [1.807, 2.05) is 18.2 Å². The van der Waals surface area contributed by atoms with Gasteiger partial charge in [-0.15, -0.1) is 0 Å². The molecule has 1 fully saturated rings. The summed E-state index contributed by atoms with van der Waals surface area (Å²) in [7, 11) is 0. The molecule has 0 spiro atoms. The molecule has 148 valence electrons. The van der Waals surface area contributed by atoms with E-state index in [0.29, 0.717) is 11.4 Å². The zero-order chi connectivity index (χ0) is 20.4. The van der Waals surface area contributed by atoms with Crippen molar-refractivity contribution in [2.45, 2.75) is 13.0 Å². The van der Waals surface area contributed by atoms with Crippen molar-refractivity contribution in [3.8, 4) is 17.1 Å². The van der Waals surface area contributed by atoms with E-state index in [-0.39, 0.29) is 19.0 Å². The normalized spacial score (nSPS) is 16.0. The summed E-state index contributed by atoms with van der Waals surface area (Å²) in [5.74, 6) is -0.706. The Bertz CT molecular complexity index is 1050. The Balaban J connectivity index is 1.52. The fraction of sp³-hybridized carbons (Fsp3) is 0.200. The molecule has 1 aromatic carbocycles. The lowest BCUT2D eigenvalue weighted by atomic mass is 10.2. The van der Waals surface area contributed by atoms with Crippen LogP contribution in [0.3, 0.4) is 0 Å². The predicted octanol–water partition coefficient (Wildman–Crippen LogP) is 1.95. The molecular formula is C20H19FN5O3+. The number of cyclic esters (lactones) is 1. The summed E-state index contributed by atoms with van der Waals surface area (Å²) in [6.07, 6.45) is 2.34. The molecule has 2 N–H and O–H groups in total. The Labute approximate surface area is 165 Å². The molecule has 29 heavy (non-hydrogen) atoms. The molecular weight excluding hydrogens is 377 g/mol. The average Bonchev–Trinajstić information content (AvgIpc) is 3.34. The number of nitrogens with zero attached hydrogens (tertiary/aromatic N) is 3. The van der Waals surface area contributed by atoms with E-state index >= 15 is 0 Å². The van der Waals surface area contributed by atoms with Gasteiger partial charge in [-0.2, -0.15) is 9.49 Å². The number of halogens is 1. The summed E-state index contributed by atoms with van der Waals surface area (Å²) < 4.78 is 21.6. The van der Waals surface area contributed by atoms with Gasteiger partial charge in [0.05, 0.1) is 24.5 Å². The number of carbonyl (C=O) groups is 2. The van der Waals surface area contributed by atoms with E-state index in [2.05, 4.69) is 15.4 Å². The molecule has 1 aliphatic heterocycles. The second-order valence-electron chi connectivity index (χ2n) is 6.62. The first-order chi connectivity index (χ1) is 14.0. The van der Waals surface area contributed by atoms with Crippen LogP contribution in [0.4, 0.5) is 14.9 Å². The maximum atomic E-state index is 14.8. The molecule has 2 aromatic heterocycles. The zero-order valence-corrected chi connectivity index (χ0v) is 15.6. The second kappa shape index (κ2) is 7.70. The number of H-pyrrole nitrogens is 1. The van der Waals surface area contributed by atoms with E-state index in [0.717, 1.165) is 11.4 Å². The van der Waals surface area contributed by atoms with Crippen LogP contribution in [0, 0.1) is 5.82 Å². The summed E-state index contributed by atoms with van der Waals surface area (Å²) in [4.78, 5) is 28.7. The number of carbonyl (C=O) groups excluding carboxylic acids is 2. The summed E-state index contributed by atoms with van der Waals surface area (Å²) in [5, 5.41) is 5.70. The van der Waals surface area contributed by atoms with Gasteiger partial charge in [-0.25, -0.2) is 4.79 Å². The molecule has 4 rings (SSSR count). The quantitative estimate of drug-likeness (QED) is 0.645. The molecule has 2 amide bonds. The van der Waals surface area contributed by atoms with Crippen LogP contribution in [0.15, 0.2) is 54.9 Å². The van der Waals surface area contributed by atoms with Crippen molar-refractivity contribution < 1.29 is 23.4 Å². The van der Waals surface area contributed by atoms with Gasteiger partial charge in [0.2, 0.25) is 12.1 Å². The first kappa shape index (κ1) is 18.6. The van der Waals surface area contributed by atoms with E-state index in [9.17, 15) is 14.0 Å². The molecule has 0 saturated carbocycles. The van der Waals surface area contributed by atoms with Gasteiger partial charge in [-0.1, -0.05) is 10.7 Å². The zero-order valence-electron chi connectivity index (χ0n) is 15.6. The Morgan fingerprint density at radius 1 is 1.38 bits per heavy atom. The minimum absolute atomic E-state index is 0.206. The van der Waals surface area contributed by atoms with Crippen LogP contribution in [0.25, 0.3) is 17.1 Å². The van der Waals surface area contributed by atoms with Gasteiger partial charge in [0.1, 0.15) is 11.8 Å². The predicted molar refractivity (Wildman–Crippen MR) is 102 cm³/mol. The van der Waals surface area contributed by atoms with Crippen LogP contribution in [0.2, 0.25) is 0 Å². The van der Waals surface area contributed by atoms with E-state index in [1.165, 1.54) is 17.9 Å². The number of hydrogen-bond donors (Lipinski definition) is 2. The molecule has 1 saturated heterocycles. The first-order valence-electron chi connectivity index (χ1n) is 9.06. The Morgan fingerprint density at radius 3 is 2.97 bits per heavy atom. The lowest BCUT2D eigenvalue weighted by Gasteiger charge is -2.13. The molecule has 0 aliphatic carbocycles. The molecule has 9 heteroatoms. The van der Waals surface area contributed by atoms with Gasteiger partial charge < -0.3 is 10.1 Å². The van der Waals surface area contributed by atoms with Crippen LogP contribution in [-0.4, -0.2) is 41.3 Å². The highest BCUT2D eigenvalue weighted by Crippen LogP contribution is 2.24.